The number of hydrogen-bond donors (Lipinski definition) is 1. The minimum atomic E-state index is -1.39. The maximum Gasteiger partial charge on any atom is 0.173 e. The molecule has 188 valence electrons. The van der Waals surface area contributed by atoms with E-state index < -0.39 is 5.60 Å². The third-order valence-electron chi connectivity index (χ3n) is 6.28. The summed E-state index contributed by atoms with van der Waals surface area (Å²) in [6.07, 6.45) is 0. The van der Waals surface area contributed by atoms with E-state index in [0.29, 0.717) is 24.8 Å². The Bertz CT molecular complexity index is 1190. The number of benzene rings is 3. The van der Waals surface area contributed by atoms with Crippen LogP contribution in [0.4, 0.5) is 0 Å². The Morgan fingerprint density at radius 3 is 1.97 bits per heavy atom. The first-order valence-electron chi connectivity index (χ1n) is 12.3. The predicted octanol–water partition coefficient (Wildman–Crippen LogP) is 6.24. The Balaban J connectivity index is 1.65. The highest BCUT2D eigenvalue weighted by Gasteiger charge is 2.37. The Morgan fingerprint density at radius 2 is 1.42 bits per heavy atom. The molecule has 0 aliphatic carbocycles. The minimum Gasteiger partial charge on any atom is -0.493 e. The Kier molecular flexibility index (Phi) is 8.14. The fourth-order valence-corrected chi connectivity index (χ4v) is 4.71. The van der Waals surface area contributed by atoms with Crippen LogP contribution in [0, 0.1) is 5.92 Å². The van der Waals surface area contributed by atoms with Crippen LogP contribution in [0.3, 0.4) is 0 Å². The van der Waals surface area contributed by atoms with E-state index in [4.69, 9.17) is 13.9 Å². The van der Waals surface area contributed by atoms with E-state index in [1.165, 1.54) is 0 Å². The second-order valence-electron chi connectivity index (χ2n) is 9.42. The van der Waals surface area contributed by atoms with Crippen molar-refractivity contribution in [3.8, 4) is 11.5 Å². The van der Waals surface area contributed by atoms with Gasteiger partial charge in [0.25, 0.3) is 0 Å². The van der Waals surface area contributed by atoms with Crippen molar-refractivity contribution in [2.45, 2.75) is 32.5 Å². The van der Waals surface area contributed by atoms with Gasteiger partial charge in [0.2, 0.25) is 0 Å². The Hall–Kier alpha value is -3.54. The second-order valence-corrected chi connectivity index (χ2v) is 9.42. The first kappa shape index (κ1) is 25.5. The van der Waals surface area contributed by atoms with Crippen molar-refractivity contribution in [2.75, 3.05) is 20.8 Å². The standard InChI is InChI=1S/C31H35NO4/c1-23(2)20-32(21-24-12-11-17-28(34-3)30(24)35-4)22-27-18-19-29(36-27)31(33,25-13-7-5-8-14-25)26-15-9-6-10-16-26/h5-19,23,33H,20-22H2,1-4H3. The molecule has 5 nitrogen and oxygen atoms in total. The Morgan fingerprint density at radius 1 is 0.778 bits per heavy atom. The minimum absolute atomic E-state index is 0.460. The van der Waals surface area contributed by atoms with Crippen LogP contribution in [-0.4, -0.2) is 30.8 Å². The molecule has 1 heterocycles. The molecule has 1 aromatic heterocycles. The van der Waals surface area contributed by atoms with E-state index >= 15 is 0 Å². The molecule has 0 fully saturated rings. The normalized spacial score (nSPS) is 11.8. The van der Waals surface area contributed by atoms with Crippen molar-refractivity contribution in [2.24, 2.45) is 5.92 Å². The van der Waals surface area contributed by atoms with Gasteiger partial charge in [0, 0.05) is 18.7 Å². The first-order valence-corrected chi connectivity index (χ1v) is 12.3. The fourth-order valence-electron chi connectivity index (χ4n) is 4.71. The van der Waals surface area contributed by atoms with Gasteiger partial charge >= 0.3 is 0 Å². The topological polar surface area (TPSA) is 55.1 Å². The maximum atomic E-state index is 12.0. The van der Waals surface area contributed by atoms with E-state index in [9.17, 15) is 5.11 Å². The number of furan rings is 1. The summed E-state index contributed by atoms with van der Waals surface area (Å²) in [5.41, 5.74) is 1.18. The molecule has 0 saturated heterocycles. The van der Waals surface area contributed by atoms with Gasteiger partial charge in [0.15, 0.2) is 17.1 Å². The average molecular weight is 486 g/mol. The molecule has 0 bridgehead atoms. The van der Waals surface area contributed by atoms with Crippen LogP contribution in [0.1, 0.15) is 42.1 Å². The van der Waals surface area contributed by atoms with Crippen LogP contribution in [-0.2, 0) is 18.7 Å². The molecule has 0 saturated carbocycles. The molecule has 4 rings (SSSR count). The fraction of sp³-hybridized carbons (Fsp3) is 0.290. The highest BCUT2D eigenvalue weighted by atomic mass is 16.5. The Labute approximate surface area is 213 Å². The lowest BCUT2D eigenvalue weighted by Gasteiger charge is -2.28. The molecule has 0 radical (unpaired) electrons. The van der Waals surface area contributed by atoms with E-state index in [1.807, 2.05) is 84.9 Å². The molecule has 3 aromatic carbocycles. The van der Waals surface area contributed by atoms with Gasteiger partial charge in [-0.15, -0.1) is 0 Å². The number of para-hydroxylation sites is 1. The van der Waals surface area contributed by atoms with E-state index in [2.05, 4.69) is 24.8 Å². The highest BCUT2D eigenvalue weighted by Crippen LogP contribution is 2.38. The molecule has 0 aliphatic heterocycles. The van der Waals surface area contributed by atoms with Crippen LogP contribution < -0.4 is 9.47 Å². The van der Waals surface area contributed by atoms with Gasteiger partial charge in [-0.3, -0.25) is 4.90 Å². The van der Waals surface area contributed by atoms with E-state index in [1.54, 1.807) is 14.2 Å². The van der Waals surface area contributed by atoms with Gasteiger partial charge < -0.3 is 19.0 Å². The number of hydrogen-bond acceptors (Lipinski definition) is 5. The molecule has 0 amide bonds. The summed E-state index contributed by atoms with van der Waals surface area (Å²) in [6.45, 7) is 6.55. The summed E-state index contributed by atoms with van der Waals surface area (Å²) in [5, 5.41) is 12.0. The van der Waals surface area contributed by atoms with E-state index in [-0.39, 0.29) is 0 Å². The molecule has 0 aliphatic rings. The molecule has 0 unspecified atom stereocenters. The van der Waals surface area contributed by atoms with Crippen molar-refractivity contribution in [1.29, 1.82) is 0 Å². The number of ether oxygens (including phenoxy) is 2. The monoisotopic (exact) mass is 485 g/mol. The molecule has 36 heavy (non-hydrogen) atoms. The zero-order chi connectivity index (χ0) is 25.5. The number of methoxy groups -OCH3 is 2. The first-order chi connectivity index (χ1) is 17.5. The molecular formula is C31H35NO4. The third kappa shape index (κ3) is 5.48. The van der Waals surface area contributed by atoms with Gasteiger partial charge in [-0.2, -0.15) is 0 Å². The summed E-state index contributed by atoms with van der Waals surface area (Å²) < 4.78 is 17.5. The molecular weight excluding hydrogens is 450 g/mol. The van der Waals surface area contributed by atoms with Crippen molar-refractivity contribution in [3.63, 3.8) is 0 Å². The van der Waals surface area contributed by atoms with Crippen LogP contribution in [0.5, 0.6) is 11.5 Å². The summed E-state index contributed by atoms with van der Waals surface area (Å²) >= 11 is 0. The van der Waals surface area contributed by atoms with Crippen molar-refractivity contribution >= 4 is 0 Å². The molecule has 0 spiro atoms. The lowest BCUT2D eigenvalue weighted by atomic mass is 9.84. The molecule has 0 atom stereocenters. The summed E-state index contributed by atoms with van der Waals surface area (Å²) in [4.78, 5) is 2.33. The predicted molar refractivity (Wildman–Crippen MR) is 142 cm³/mol. The third-order valence-corrected chi connectivity index (χ3v) is 6.28. The van der Waals surface area contributed by atoms with Gasteiger partial charge in [-0.05, 0) is 35.2 Å². The van der Waals surface area contributed by atoms with Crippen LogP contribution >= 0.6 is 0 Å². The average Bonchev–Trinajstić information content (AvgIpc) is 3.37. The lowest BCUT2D eigenvalue weighted by molar-refractivity contribution is 0.0948. The van der Waals surface area contributed by atoms with Crippen LogP contribution in [0.25, 0.3) is 0 Å². The zero-order valence-corrected chi connectivity index (χ0v) is 21.5. The van der Waals surface area contributed by atoms with Crippen LogP contribution in [0.15, 0.2) is 95.4 Å². The van der Waals surface area contributed by atoms with E-state index in [0.717, 1.165) is 40.5 Å². The molecule has 4 aromatic rings. The summed E-state index contributed by atoms with van der Waals surface area (Å²) in [5.74, 6) is 3.21. The van der Waals surface area contributed by atoms with Gasteiger partial charge in [0.05, 0.1) is 20.8 Å². The van der Waals surface area contributed by atoms with Crippen LogP contribution in [0.2, 0.25) is 0 Å². The summed E-state index contributed by atoms with van der Waals surface area (Å²) in [7, 11) is 3.32. The number of nitrogens with zero attached hydrogens (tertiary/aromatic N) is 1. The smallest absolute Gasteiger partial charge is 0.173 e. The summed E-state index contributed by atoms with van der Waals surface area (Å²) in [6, 6.07) is 29.1. The van der Waals surface area contributed by atoms with Gasteiger partial charge in [-0.1, -0.05) is 86.6 Å². The van der Waals surface area contributed by atoms with Crippen molar-refractivity contribution in [3.05, 3.63) is 119 Å². The zero-order valence-electron chi connectivity index (χ0n) is 21.5. The van der Waals surface area contributed by atoms with Crippen molar-refractivity contribution in [1.82, 2.24) is 4.90 Å². The second kappa shape index (κ2) is 11.5. The maximum absolute atomic E-state index is 12.0. The molecule has 1 N–H and O–H groups in total. The quantitative estimate of drug-likeness (QED) is 0.273. The number of rotatable bonds is 11. The number of aliphatic hydroxyl groups is 1. The highest BCUT2D eigenvalue weighted by molar-refractivity contribution is 5.47. The van der Waals surface area contributed by atoms with Crippen molar-refractivity contribution < 1.29 is 19.0 Å². The van der Waals surface area contributed by atoms with Gasteiger partial charge in [0.1, 0.15) is 11.5 Å². The lowest BCUT2D eigenvalue weighted by Crippen LogP contribution is -2.28. The SMILES string of the molecule is COc1cccc(CN(Cc2ccc(C(O)(c3ccccc3)c3ccccc3)o2)CC(C)C)c1OC. The largest absolute Gasteiger partial charge is 0.493 e. The molecule has 5 heteroatoms. The van der Waals surface area contributed by atoms with Gasteiger partial charge in [-0.25, -0.2) is 0 Å².